The van der Waals surface area contributed by atoms with E-state index in [0.29, 0.717) is 11.7 Å². The van der Waals surface area contributed by atoms with Crippen molar-refractivity contribution in [2.45, 2.75) is 13.8 Å². The molecule has 1 aromatic rings. The van der Waals surface area contributed by atoms with Gasteiger partial charge in [-0.05, 0) is 23.8 Å². The first-order valence-corrected chi connectivity index (χ1v) is 6.79. The molecular weight excluding hydrogens is 234 g/mol. The van der Waals surface area contributed by atoms with Gasteiger partial charge in [0, 0.05) is 11.8 Å². The second kappa shape index (κ2) is 7.22. The predicted octanol–water partition coefficient (Wildman–Crippen LogP) is 3.02. The van der Waals surface area contributed by atoms with Crippen LogP contribution in [0.2, 0.25) is 0 Å². The predicted molar refractivity (Wildman–Crippen MR) is 73.8 cm³/mol. The van der Waals surface area contributed by atoms with Gasteiger partial charge >= 0.3 is 0 Å². The maximum absolute atomic E-state index is 11.6. The van der Waals surface area contributed by atoms with E-state index in [1.807, 2.05) is 24.3 Å². The Bertz CT molecular complexity index is 366. The van der Waals surface area contributed by atoms with Crippen molar-refractivity contribution in [1.29, 1.82) is 0 Å². The summed E-state index contributed by atoms with van der Waals surface area (Å²) in [5.41, 5.74) is 0.777. The SMILES string of the molecule is COc1cccc(NC(=O)CSCC(C)C)c1. The lowest BCUT2D eigenvalue weighted by atomic mass is 10.3. The molecule has 0 atom stereocenters. The smallest absolute Gasteiger partial charge is 0.234 e. The number of benzene rings is 1. The average Bonchev–Trinajstić information content (AvgIpc) is 2.28. The highest BCUT2D eigenvalue weighted by Crippen LogP contribution is 2.17. The first kappa shape index (κ1) is 13.9. The van der Waals surface area contributed by atoms with Crippen LogP contribution in [-0.4, -0.2) is 24.5 Å². The van der Waals surface area contributed by atoms with Crippen LogP contribution < -0.4 is 10.1 Å². The van der Waals surface area contributed by atoms with Crippen molar-refractivity contribution in [2.24, 2.45) is 5.92 Å². The van der Waals surface area contributed by atoms with Gasteiger partial charge < -0.3 is 10.1 Å². The van der Waals surface area contributed by atoms with Gasteiger partial charge in [0.2, 0.25) is 5.91 Å². The molecule has 0 unspecified atom stereocenters. The number of hydrogen-bond donors (Lipinski definition) is 1. The Labute approximate surface area is 107 Å². The Morgan fingerprint density at radius 1 is 1.47 bits per heavy atom. The number of thioether (sulfide) groups is 1. The summed E-state index contributed by atoms with van der Waals surface area (Å²) in [6.45, 7) is 4.29. The van der Waals surface area contributed by atoms with Crippen molar-refractivity contribution in [3.8, 4) is 5.75 Å². The van der Waals surface area contributed by atoms with E-state index < -0.39 is 0 Å². The summed E-state index contributed by atoms with van der Waals surface area (Å²) in [5.74, 6) is 2.90. The number of amides is 1. The highest BCUT2D eigenvalue weighted by molar-refractivity contribution is 7.99. The highest BCUT2D eigenvalue weighted by atomic mass is 32.2. The number of hydrogen-bond acceptors (Lipinski definition) is 3. The summed E-state index contributed by atoms with van der Waals surface area (Å²) in [7, 11) is 1.61. The van der Waals surface area contributed by atoms with Gasteiger partial charge in [0.25, 0.3) is 0 Å². The second-order valence-electron chi connectivity index (χ2n) is 4.19. The van der Waals surface area contributed by atoms with Crippen molar-refractivity contribution in [2.75, 3.05) is 23.9 Å². The molecule has 17 heavy (non-hydrogen) atoms. The van der Waals surface area contributed by atoms with E-state index in [1.54, 1.807) is 18.9 Å². The molecule has 1 N–H and O–H groups in total. The van der Waals surface area contributed by atoms with Crippen LogP contribution in [-0.2, 0) is 4.79 Å². The molecular formula is C13H19NO2S. The molecule has 0 saturated heterocycles. The van der Waals surface area contributed by atoms with Crippen LogP contribution in [0, 0.1) is 5.92 Å². The van der Waals surface area contributed by atoms with Gasteiger partial charge in [-0.25, -0.2) is 0 Å². The quantitative estimate of drug-likeness (QED) is 0.847. The van der Waals surface area contributed by atoms with Gasteiger partial charge in [0.1, 0.15) is 5.75 Å². The third-order valence-electron chi connectivity index (χ3n) is 2.04. The summed E-state index contributed by atoms with van der Waals surface area (Å²) >= 11 is 1.66. The van der Waals surface area contributed by atoms with Gasteiger partial charge in [-0.2, -0.15) is 11.8 Å². The average molecular weight is 253 g/mol. The van der Waals surface area contributed by atoms with E-state index in [1.165, 1.54) is 0 Å². The van der Waals surface area contributed by atoms with Crippen LogP contribution in [0.5, 0.6) is 5.75 Å². The van der Waals surface area contributed by atoms with E-state index in [2.05, 4.69) is 19.2 Å². The van der Waals surface area contributed by atoms with E-state index in [-0.39, 0.29) is 5.91 Å². The van der Waals surface area contributed by atoms with Gasteiger partial charge in [0.05, 0.1) is 12.9 Å². The Balaban J connectivity index is 2.39. The second-order valence-corrected chi connectivity index (χ2v) is 5.22. The van der Waals surface area contributed by atoms with Crippen LogP contribution in [0.4, 0.5) is 5.69 Å². The van der Waals surface area contributed by atoms with E-state index in [9.17, 15) is 4.79 Å². The van der Waals surface area contributed by atoms with Crippen molar-refractivity contribution in [1.82, 2.24) is 0 Å². The number of nitrogens with one attached hydrogen (secondary N) is 1. The molecule has 0 aromatic heterocycles. The first-order valence-electron chi connectivity index (χ1n) is 5.63. The molecule has 0 bridgehead atoms. The zero-order valence-electron chi connectivity index (χ0n) is 10.5. The van der Waals surface area contributed by atoms with Crippen molar-refractivity contribution in [3.05, 3.63) is 24.3 Å². The van der Waals surface area contributed by atoms with Crippen molar-refractivity contribution >= 4 is 23.4 Å². The monoisotopic (exact) mass is 253 g/mol. The molecule has 0 fully saturated rings. The highest BCUT2D eigenvalue weighted by Gasteiger charge is 2.04. The molecule has 1 aromatic carbocycles. The molecule has 0 saturated carbocycles. The van der Waals surface area contributed by atoms with Crippen LogP contribution in [0.1, 0.15) is 13.8 Å². The number of carbonyl (C=O) groups excluding carboxylic acids is 1. The van der Waals surface area contributed by atoms with Gasteiger partial charge in [-0.15, -0.1) is 0 Å². The molecule has 0 spiro atoms. The van der Waals surface area contributed by atoms with Crippen LogP contribution in [0.3, 0.4) is 0 Å². The molecule has 0 radical (unpaired) electrons. The molecule has 1 amide bonds. The summed E-state index contributed by atoms with van der Waals surface area (Å²) < 4.78 is 5.09. The fourth-order valence-corrected chi connectivity index (χ4v) is 2.13. The van der Waals surface area contributed by atoms with E-state index in [0.717, 1.165) is 17.2 Å². The Morgan fingerprint density at radius 2 is 2.24 bits per heavy atom. The number of carbonyl (C=O) groups is 1. The largest absolute Gasteiger partial charge is 0.497 e. The van der Waals surface area contributed by atoms with Crippen LogP contribution >= 0.6 is 11.8 Å². The van der Waals surface area contributed by atoms with E-state index >= 15 is 0 Å². The Hall–Kier alpha value is -1.16. The minimum Gasteiger partial charge on any atom is -0.497 e. The van der Waals surface area contributed by atoms with Crippen molar-refractivity contribution in [3.63, 3.8) is 0 Å². The van der Waals surface area contributed by atoms with E-state index in [4.69, 9.17) is 4.74 Å². The molecule has 3 nitrogen and oxygen atoms in total. The third kappa shape index (κ3) is 5.63. The lowest BCUT2D eigenvalue weighted by Gasteiger charge is -2.07. The molecule has 0 aliphatic carbocycles. The molecule has 94 valence electrons. The standard InChI is InChI=1S/C13H19NO2S/c1-10(2)8-17-9-13(15)14-11-5-4-6-12(7-11)16-3/h4-7,10H,8-9H2,1-3H3,(H,14,15). The molecule has 0 aliphatic heterocycles. The molecule has 0 heterocycles. The zero-order chi connectivity index (χ0) is 12.7. The van der Waals surface area contributed by atoms with Crippen molar-refractivity contribution < 1.29 is 9.53 Å². The number of methoxy groups -OCH3 is 1. The summed E-state index contributed by atoms with van der Waals surface area (Å²) in [4.78, 5) is 11.6. The maximum Gasteiger partial charge on any atom is 0.234 e. The molecule has 0 aliphatic rings. The Kier molecular flexibility index (Phi) is 5.91. The summed E-state index contributed by atoms with van der Waals surface area (Å²) in [6, 6.07) is 7.37. The van der Waals surface area contributed by atoms with Gasteiger partial charge in [-0.3, -0.25) is 4.79 Å². The molecule has 4 heteroatoms. The fourth-order valence-electron chi connectivity index (χ4n) is 1.29. The number of anilines is 1. The topological polar surface area (TPSA) is 38.3 Å². The Morgan fingerprint density at radius 3 is 2.88 bits per heavy atom. The van der Waals surface area contributed by atoms with Gasteiger partial charge in [0.15, 0.2) is 0 Å². The minimum atomic E-state index is 0.0314. The number of rotatable bonds is 6. The zero-order valence-corrected chi connectivity index (χ0v) is 11.3. The van der Waals surface area contributed by atoms with Crippen LogP contribution in [0.25, 0.3) is 0 Å². The van der Waals surface area contributed by atoms with Crippen LogP contribution in [0.15, 0.2) is 24.3 Å². The van der Waals surface area contributed by atoms with Gasteiger partial charge in [-0.1, -0.05) is 19.9 Å². The normalized spacial score (nSPS) is 10.4. The minimum absolute atomic E-state index is 0.0314. The number of ether oxygens (including phenoxy) is 1. The molecule has 1 rings (SSSR count). The third-order valence-corrected chi connectivity index (χ3v) is 3.41. The first-order chi connectivity index (χ1) is 8.11. The lowest BCUT2D eigenvalue weighted by molar-refractivity contribution is -0.113. The summed E-state index contributed by atoms with van der Waals surface area (Å²) in [5, 5.41) is 2.85. The summed E-state index contributed by atoms with van der Waals surface area (Å²) in [6.07, 6.45) is 0. The lowest BCUT2D eigenvalue weighted by Crippen LogP contribution is -2.14. The fraction of sp³-hybridized carbons (Fsp3) is 0.462. The maximum atomic E-state index is 11.6.